The smallest absolute Gasteiger partial charge is 0.307 e. The number of nitrogens with one attached hydrogen (secondary N) is 1. The highest BCUT2D eigenvalue weighted by Crippen LogP contribution is 1.93. The topological polar surface area (TPSA) is 80.0 Å². The molecule has 1 atom stereocenters. The Labute approximate surface area is 88.3 Å². The first-order valence-corrected chi connectivity index (χ1v) is 4.87. The Morgan fingerprint density at radius 1 is 1.73 bits per heavy atom. The van der Waals surface area contributed by atoms with Crippen LogP contribution >= 0.6 is 0 Å². The van der Waals surface area contributed by atoms with Crippen LogP contribution in [0.2, 0.25) is 0 Å². The first-order chi connectivity index (χ1) is 7.11. The minimum Gasteiger partial charge on any atom is -0.481 e. The number of aliphatic carboxylic acids is 1. The molecule has 1 aromatic rings. The minimum absolute atomic E-state index is 0.357. The summed E-state index contributed by atoms with van der Waals surface area (Å²) in [6.07, 6.45) is 2.40. The standard InChI is InChI=1S/C9H16N4O2/c1-7(9(14)15)5-10-4-3-8-12-11-6-13(8)2/h6-7,10H,3-5H2,1-2H3,(H,14,15). The summed E-state index contributed by atoms with van der Waals surface area (Å²) < 4.78 is 1.85. The van der Waals surface area contributed by atoms with Crippen molar-refractivity contribution in [2.45, 2.75) is 13.3 Å². The average molecular weight is 212 g/mol. The third kappa shape index (κ3) is 3.67. The fraction of sp³-hybridized carbons (Fsp3) is 0.667. The molecule has 6 nitrogen and oxygen atoms in total. The van der Waals surface area contributed by atoms with Crippen molar-refractivity contribution in [3.05, 3.63) is 12.2 Å². The zero-order valence-electron chi connectivity index (χ0n) is 8.97. The molecular formula is C9H16N4O2. The number of hydrogen-bond acceptors (Lipinski definition) is 4. The molecule has 0 saturated carbocycles. The van der Waals surface area contributed by atoms with E-state index in [0.29, 0.717) is 13.1 Å². The van der Waals surface area contributed by atoms with Gasteiger partial charge in [0.15, 0.2) is 0 Å². The van der Waals surface area contributed by atoms with Crippen LogP contribution in [0.15, 0.2) is 6.33 Å². The Morgan fingerprint density at radius 2 is 2.47 bits per heavy atom. The third-order valence-electron chi connectivity index (χ3n) is 2.20. The van der Waals surface area contributed by atoms with E-state index in [-0.39, 0.29) is 5.92 Å². The Balaban J connectivity index is 2.17. The van der Waals surface area contributed by atoms with E-state index >= 15 is 0 Å². The second-order valence-corrected chi connectivity index (χ2v) is 3.55. The van der Waals surface area contributed by atoms with Crippen LogP contribution in [0.3, 0.4) is 0 Å². The number of hydrogen-bond donors (Lipinski definition) is 2. The van der Waals surface area contributed by atoms with Crippen molar-refractivity contribution in [3.63, 3.8) is 0 Å². The van der Waals surface area contributed by atoms with Gasteiger partial charge in [0, 0.05) is 26.6 Å². The molecule has 0 amide bonds. The molecule has 2 N–H and O–H groups in total. The fourth-order valence-corrected chi connectivity index (χ4v) is 1.14. The van der Waals surface area contributed by atoms with Crippen molar-refractivity contribution in [1.82, 2.24) is 20.1 Å². The second-order valence-electron chi connectivity index (χ2n) is 3.55. The molecule has 0 aliphatic rings. The number of nitrogens with zero attached hydrogens (tertiary/aromatic N) is 3. The minimum atomic E-state index is -0.777. The lowest BCUT2D eigenvalue weighted by atomic mass is 10.2. The van der Waals surface area contributed by atoms with Gasteiger partial charge in [-0.1, -0.05) is 6.92 Å². The maximum atomic E-state index is 10.5. The van der Waals surface area contributed by atoms with E-state index in [9.17, 15) is 4.79 Å². The monoisotopic (exact) mass is 212 g/mol. The van der Waals surface area contributed by atoms with E-state index in [0.717, 1.165) is 12.2 Å². The van der Waals surface area contributed by atoms with Crippen LogP contribution in [0.5, 0.6) is 0 Å². The van der Waals surface area contributed by atoms with E-state index < -0.39 is 5.97 Å². The van der Waals surface area contributed by atoms with Gasteiger partial charge in [-0.2, -0.15) is 0 Å². The molecule has 1 aromatic heterocycles. The summed E-state index contributed by atoms with van der Waals surface area (Å²) in [6.45, 7) is 2.87. The molecule has 0 saturated heterocycles. The Hall–Kier alpha value is -1.43. The molecule has 15 heavy (non-hydrogen) atoms. The van der Waals surface area contributed by atoms with Crippen LogP contribution < -0.4 is 5.32 Å². The van der Waals surface area contributed by atoms with Crippen LogP contribution in [0, 0.1) is 5.92 Å². The Morgan fingerprint density at radius 3 is 3.00 bits per heavy atom. The Bertz CT molecular complexity index is 324. The lowest BCUT2D eigenvalue weighted by Crippen LogP contribution is -2.28. The SMILES string of the molecule is CC(CNCCc1nncn1C)C(=O)O. The lowest BCUT2D eigenvalue weighted by Gasteiger charge is -2.07. The molecule has 0 aromatic carbocycles. The van der Waals surface area contributed by atoms with Gasteiger partial charge in [-0.15, -0.1) is 10.2 Å². The van der Waals surface area contributed by atoms with Crippen molar-refractivity contribution in [2.24, 2.45) is 13.0 Å². The largest absolute Gasteiger partial charge is 0.481 e. The van der Waals surface area contributed by atoms with Crippen molar-refractivity contribution >= 4 is 5.97 Å². The summed E-state index contributed by atoms with van der Waals surface area (Å²) >= 11 is 0. The lowest BCUT2D eigenvalue weighted by molar-refractivity contribution is -0.140. The highest BCUT2D eigenvalue weighted by Gasteiger charge is 2.09. The zero-order valence-corrected chi connectivity index (χ0v) is 8.97. The first-order valence-electron chi connectivity index (χ1n) is 4.87. The molecule has 6 heteroatoms. The van der Waals surface area contributed by atoms with Crippen molar-refractivity contribution in [2.75, 3.05) is 13.1 Å². The van der Waals surface area contributed by atoms with E-state index in [1.54, 1.807) is 13.3 Å². The van der Waals surface area contributed by atoms with Gasteiger partial charge in [-0.05, 0) is 0 Å². The maximum absolute atomic E-state index is 10.5. The maximum Gasteiger partial charge on any atom is 0.307 e. The van der Waals surface area contributed by atoms with Crippen LogP contribution in [-0.2, 0) is 18.3 Å². The van der Waals surface area contributed by atoms with Crippen molar-refractivity contribution in [1.29, 1.82) is 0 Å². The molecule has 1 unspecified atom stereocenters. The van der Waals surface area contributed by atoms with Crippen LogP contribution in [0.4, 0.5) is 0 Å². The molecular weight excluding hydrogens is 196 g/mol. The highest BCUT2D eigenvalue weighted by molar-refractivity contribution is 5.69. The number of carboxylic acids is 1. The number of carbonyl (C=O) groups is 1. The molecule has 0 bridgehead atoms. The van der Waals surface area contributed by atoms with Crippen molar-refractivity contribution in [3.8, 4) is 0 Å². The van der Waals surface area contributed by atoms with Crippen LogP contribution in [0.25, 0.3) is 0 Å². The normalized spacial score (nSPS) is 12.7. The summed E-state index contributed by atoms with van der Waals surface area (Å²) in [6, 6.07) is 0. The van der Waals surface area contributed by atoms with Crippen LogP contribution in [-0.4, -0.2) is 38.9 Å². The summed E-state index contributed by atoms with van der Waals surface area (Å²) in [5.74, 6) is -0.240. The van der Waals surface area contributed by atoms with Gasteiger partial charge < -0.3 is 15.0 Å². The second kappa shape index (κ2) is 5.45. The Kier molecular flexibility index (Phi) is 4.23. The van der Waals surface area contributed by atoms with Gasteiger partial charge in [-0.3, -0.25) is 4.79 Å². The molecule has 0 aliphatic carbocycles. The third-order valence-corrected chi connectivity index (χ3v) is 2.20. The zero-order chi connectivity index (χ0) is 11.3. The fourth-order valence-electron chi connectivity index (χ4n) is 1.14. The summed E-state index contributed by atoms with van der Waals surface area (Å²) in [5.41, 5.74) is 0. The first kappa shape index (κ1) is 11.6. The molecule has 84 valence electrons. The predicted molar refractivity (Wildman–Crippen MR) is 54.4 cm³/mol. The van der Waals surface area contributed by atoms with Gasteiger partial charge in [0.05, 0.1) is 5.92 Å². The molecule has 1 rings (SSSR count). The number of aromatic nitrogens is 3. The molecule has 1 heterocycles. The van der Waals surface area contributed by atoms with Gasteiger partial charge >= 0.3 is 5.97 Å². The molecule has 0 fully saturated rings. The molecule has 0 radical (unpaired) electrons. The van der Waals surface area contributed by atoms with Gasteiger partial charge in [0.25, 0.3) is 0 Å². The number of aryl methyl sites for hydroxylation is 1. The predicted octanol–water partition coefficient (Wildman–Crippen LogP) is -0.332. The van der Waals surface area contributed by atoms with Crippen LogP contribution in [0.1, 0.15) is 12.7 Å². The van der Waals surface area contributed by atoms with E-state index in [1.807, 2.05) is 11.6 Å². The summed E-state index contributed by atoms with van der Waals surface area (Å²) in [7, 11) is 1.88. The number of carboxylic acid groups (broad SMARTS) is 1. The highest BCUT2D eigenvalue weighted by atomic mass is 16.4. The van der Waals surface area contributed by atoms with Gasteiger partial charge in [-0.25, -0.2) is 0 Å². The quantitative estimate of drug-likeness (QED) is 0.631. The van der Waals surface area contributed by atoms with E-state index in [4.69, 9.17) is 5.11 Å². The van der Waals surface area contributed by atoms with Gasteiger partial charge in [0.2, 0.25) is 0 Å². The summed E-state index contributed by atoms with van der Waals surface area (Å²) in [5, 5.41) is 19.4. The van der Waals surface area contributed by atoms with E-state index in [2.05, 4.69) is 15.5 Å². The molecule has 0 aliphatic heterocycles. The van der Waals surface area contributed by atoms with E-state index in [1.165, 1.54) is 0 Å². The number of rotatable bonds is 6. The van der Waals surface area contributed by atoms with Crippen molar-refractivity contribution < 1.29 is 9.90 Å². The van der Waals surface area contributed by atoms with Gasteiger partial charge in [0.1, 0.15) is 12.2 Å². The summed E-state index contributed by atoms with van der Waals surface area (Å²) in [4.78, 5) is 10.5. The molecule has 0 spiro atoms. The average Bonchev–Trinajstić information content (AvgIpc) is 2.58.